The van der Waals surface area contributed by atoms with E-state index in [1.165, 1.54) is 5.69 Å². The summed E-state index contributed by atoms with van der Waals surface area (Å²) in [6.07, 6.45) is 1.45. The van der Waals surface area contributed by atoms with Crippen molar-refractivity contribution in [2.75, 3.05) is 11.5 Å². The maximum absolute atomic E-state index is 11.3. The van der Waals surface area contributed by atoms with Crippen LogP contribution in [0, 0.1) is 6.92 Å². The van der Waals surface area contributed by atoms with Crippen LogP contribution in [0.25, 0.3) is 0 Å². The second-order valence-corrected chi connectivity index (χ2v) is 7.20. The third kappa shape index (κ3) is 3.32. The summed E-state index contributed by atoms with van der Waals surface area (Å²) in [5, 5.41) is 7.84. The molecule has 1 N–H and O–H groups in total. The average molecular weight is 271 g/mol. The molecule has 102 valence electrons. The Morgan fingerprint density at radius 3 is 2.72 bits per heavy atom. The highest BCUT2D eigenvalue weighted by Gasteiger charge is 2.23. The van der Waals surface area contributed by atoms with E-state index in [1.54, 1.807) is 0 Å². The molecule has 0 amide bonds. The van der Waals surface area contributed by atoms with Crippen molar-refractivity contribution in [3.63, 3.8) is 0 Å². The molecule has 5 nitrogen and oxygen atoms in total. The summed E-state index contributed by atoms with van der Waals surface area (Å²) in [6, 6.07) is 2.39. The molecule has 6 heteroatoms. The molecule has 1 aromatic heterocycles. The molecule has 2 rings (SSSR count). The fourth-order valence-electron chi connectivity index (χ4n) is 2.36. The minimum absolute atomic E-state index is 0.314. The lowest BCUT2D eigenvalue weighted by molar-refractivity contribution is 0.451. The first kappa shape index (κ1) is 13.5. The van der Waals surface area contributed by atoms with Gasteiger partial charge in [0.25, 0.3) is 0 Å². The number of aryl methyl sites for hydroxylation is 2. The highest BCUT2D eigenvalue weighted by molar-refractivity contribution is 7.91. The number of nitrogens with one attached hydrogen (secondary N) is 1. The Hall–Kier alpha value is -0.880. The molecule has 1 aliphatic heterocycles. The average Bonchev–Trinajstić information content (AvgIpc) is 2.68. The zero-order valence-corrected chi connectivity index (χ0v) is 11.8. The molecule has 1 aromatic rings. The number of aromatic nitrogens is 2. The lowest BCUT2D eigenvalue weighted by atomic mass is 10.1. The van der Waals surface area contributed by atoms with E-state index in [0.717, 1.165) is 31.6 Å². The molecule has 1 fully saturated rings. The van der Waals surface area contributed by atoms with Crippen LogP contribution in [0.15, 0.2) is 6.07 Å². The Bertz CT molecular complexity index is 493. The molecule has 0 bridgehead atoms. The van der Waals surface area contributed by atoms with Gasteiger partial charge in [0.05, 0.1) is 22.9 Å². The fraction of sp³-hybridized carbons (Fsp3) is 0.750. The summed E-state index contributed by atoms with van der Waals surface area (Å²) in [5.74, 6) is 0.632. The molecule has 0 aliphatic carbocycles. The number of sulfone groups is 1. The maximum Gasteiger partial charge on any atom is 0.150 e. The zero-order chi connectivity index (χ0) is 13.2. The van der Waals surface area contributed by atoms with E-state index in [4.69, 9.17) is 0 Å². The smallest absolute Gasteiger partial charge is 0.150 e. The summed E-state index contributed by atoms with van der Waals surface area (Å²) in [4.78, 5) is 0. The molecular weight excluding hydrogens is 250 g/mol. The summed E-state index contributed by atoms with van der Waals surface area (Å²) in [6.45, 7) is 5.69. The standard InChI is InChI=1S/C12H21N3O2S/c1-3-15-12(8-10(2)14-15)9-13-11-4-6-18(16,17)7-5-11/h8,11,13H,3-7,9H2,1-2H3. The largest absolute Gasteiger partial charge is 0.308 e. The number of rotatable bonds is 4. The second kappa shape index (κ2) is 5.40. The Kier molecular flexibility index (Phi) is 4.07. The Labute approximate surface area is 108 Å². The maximum atomic E-state index is 11.3. The van der Waals surface area contributed by atoms with Crippen LogP contribution in [0.2, 0.25) is 0 Å². The van der Waals surface area contributed by atoms with Crippen molar-refractivity contribution < 1.29 is 8.42 Å². The molecule has 0 unspecified atom stereocenters. The molecule has 0 spiro atoms. The van der Waals surface area contributed by atoms with E-state index < -0.39 is 9.84 Å². The number of nitrogens with zero attached hydrogens (tertiary/aromatic N) is 2. The molecule has 18 heavy (non-hydrogen) atoms. The summed E-state index contributed by atoms with van der Waals surface area (Å²) in [5.41, 5.74) is 2.20. The van der Waals surface area contributed by atoms with Crippen molar-refractivity contribution in [1.82, 2.24) is 15.1 Å². The van der Waals surface area contributed by atoms with Gasteiger partial charge >= 0.3 is 0 Å². The van der Waals surface area contributed by atoms with Gasteiger partial charge in [0.1, 0.15) is 9.84 Å². The molecule has 0 saturated carbocycles. The van der Waals surface area contributed by atoms with E-state index in [1.807, 2.05) is 11.6 Å². The van der Waals surface area contributed by atoms with Crippen molar-refractivity contribution in [2.24, 2.45) is 0 Å². The van der Waals surface area contributed by atoms with Crippen LogP contribution < -0.4 is 5.32 Å². The molecular formula is C12H21N3O2S. The second-order valence-electron chi connectivity index (χ2n) is 4.90. The van der Waals surface area contributed by atoms with Crippen LogP contribution >= 0.6 is 0 Å². The molecule has 0 atom stereocenters. The Balaban J connectivity index is 1.88. The topological polar surface area (TPSA) is 64.0 Å². The lowest BCUT2D eigenvalue weighted by Crippen LogP contribution is -2.37. The summed E-state index contributed by atoms with van der Waals surface area (Å²) in [7, 11) is -2.76. The van der Waals surface area contributed by atoms with Crippen LogP contribution in [-0.4, -0.2) is 35.7 Å². The quantitative estimate of drug-likeness (QED) is 0.883. The normalized spacial score (nSPS) is 20.1. The molecule has 2 heterocycles. The van der Waals surface area contributed by atoms with Gasteiger partial charge in [-0.15, -0.1) is 0 Å². The van der Waals surface area contributed by atoms with Gasteiger partial charge in [-0.05, 0) is 32.8 Å². The van der Waals surface area contributed by atoms with Crippen molar-refractivity contribution in [2.45, 2.75) is 45.8 Å². The van der Waals surface area contributed by atoms with E-state index >= 15 is 0 Å². The van der Waals surface area contributed by atoms with E-state index in [-0.39, 0.29) is 0 Å². The predicted molar refractivity (Wildman–Crippen MR) is 71.2 cm³/mol. The minimum Gasteiger partial charge on any atom is -0.308 e. The first-order chi connectivity index (χ1) is 8.50. The molecule has 0 radical (unpaired) electrons. The zero-order valence-electron chi connectivity index (χ0n) is 11.0. The predicted octanol–water partition coefficient (Wildman–Crippen LogP) is 0.878. The number of hydrogen-bond acceptors (Lipinski definition) is 4. The van der Waals surface area contributed by atoms with Crippen LogP contribution in [0.3, 0.4) is 0 Å². The summed E-state index contributed by atoms with van der Waals surface area (Å²) < 4.78 is 24.7. The van der Waals surface area contributed by atoms with Gasteiger partial charge in [-0.25, -0.2) is 8.42 Å². The highest BCUT2D eigenvalue weighted by atomic mass is 32.2. The first-order valence-electron chi connectivity index (χ1n) is 6.47. The van der Waals surface area contributed by atoms with Gasteiger partial charge in [0.2, 0.25) is 0 Å². The third-order valence-corrected chi connectivity index (χ3v) is 5.13. The van der Waals surface area contributed by atoms with Gasteiger partial charge in [-0.3, -0.25) is 4.68 Å². The number of hydrogen-bond donors (Lipinski definition) is 1. The van der Waals surface area contributed by atoms with Crippen molar-refractivity contribution in [1.29, 1.82) is 0 Å². The third-order valence-electron chi connectivity index (χ3n) is 3.41. The Morgan fingerprint density at radius 2 is 2.11 bits per heavy atom. The molecule has 1 aliphatic rings. The first-order valence-corrected chi connectivity index (χ1v) is 8.29. The van der Waals surface area contributed by atoms with E-state index in [0.29, 0.717) is 17.5 Å². The molecule has 1 saturated heterocycles. The van der Waals surface area contributed by atoms with Crippen LogP contribution in [0.5, 0.6) is 0 Å². The van der Waals surface area contributed by atoms with E-state index in [2.05, 4.69) is 23.4 Å². The van der Waals surface area contributed by atoms with Gasteiger partial charge in [0.15, 0.2) is 0 Å². The van der Waals surface area contributed by atoms with Gasteiger partial charge in [-0.1, -0.05) is 0 Å². The van der Waals surface area contributed by atoms with Crippen molar-refractivity contribution >= 4 is 9.84 Å². The Morgan fingerprint density at radius 1 is 1.44 bits per heavy atom. The van der Waals surface area contributed by atoms with Crippen LogP contribution in [-0.2, 0) is 22.9 Å². The minimum atomic E-state index is -2.76. The van der Waals surface area contributed by atoms with Crippen molar-refractivity contribution in [3.05, 3.63) is 17.5 Å². The monoisotopic (exact) mass is 271 g/mol. The molecule has 0 aromatic carbocycles. The summed E-state index contributed by atoms with van der Waals surface area (Å²) >= 11 is 0. The lowest BCUT2D eigenvalue weighted by Gasteiger charge is -2.23. The van der Waals surface area contributed by atoms with E-state index in [9.17, 15) is 8.42 Å². The fourth-order valence-corrected chi connectivity index (χ4v) is 3.85. The van der Waals surface area contributed by atoms with Crippen LogP contribution in [0.4, 0.5) is 0 Å². The highest BCUT2D eigenvalue weighted by Crippen LogP contribution is 2.13. The van der Waals surface area contributed by atoms with Crippen LogP contribution in [0.1, 0.15) is 31.2 Å². The SMILES string of the molecule is CCn1nc(C)cc1CNC1CCS(=O)(=O)CC1. The van der Waals surface area contributed by atoms with Gasteiger partial charge < -0.3 is 5.32 Å². The van der Waals surface area contributed by atoms with Gasteiger partial charge in [0, 0.05) is 19.1 Å². The van der Waals surface area contributed by atoms with Gasteiger partial charge in [-0.2, -0.15) is 5.10 Å². The van der Waals surface area contributed by atoms with Crippen molar-refractivity contribution in [3.8, 4) is 0 Å².